The number of aromatic nitrogens is 4. The summed E-state index contributed by atoms with van der Waals surface area (Å²) in [4.78, 5) is 9.19. The molecule has 0 spiro atoms. The maximum Gasteiger partial charge on any atom is 0.184 e. The van der Waals surface area contributed by atoms with Crippen LogP contribution in [0.15, 0.2) is 46.9 Å². The third kappa shape index (κ3) is 4.10. The van der Waals surface area contributed by atoms with E-state index in [0.717, 1.165) is 30.9 Å². The van der Waals surface area contributed by atoms with E-state index in [-0.39, 0.29) is 6.61 Å². The van der Waals surface area contributed by atoms with E-state index in [1.54, 1.807) is 22.9 Å². The number of aryl methyl sites for hydroxylation is 2. The fourth-order valence-corrected chi connectivity index (χ4v) is 6.23. The summed E-state index contributed by atoms with van der Waals surface area (Å²) < 4.78 is 22.0. The highest BCUT2D eigenvalue weighted by atomic mass is 79.9. The zero-order valence-electron chi connectivity index (χ0n) is 19.0. The second-order valence-corrected chi connectivity index (χ2v) is 10.9. The number of aliphatic hydroxyl groups excluding tert-OH is 1. The number of fused-ring (bicyclic) bond motifs is 2. The van der Waals surface area contributed by atoms with Gasteiger partial charge in [0.05, 0.1) is 33.6 Å². The van der Waals surface area contributed by atoms with Crippen LogP contribution in [0.1, 0.15) is 34.6 Å². The molecule has 11 heteroatoms. The van der Waals surface area contributed by atoms with E-state index in [0.29, 0.717) is 11.6 Å². The molecular weight excluding hydrogens is 534 g/mol. The van der Waals surface area contributed by atoms with Crippen molar-refractivity contribution in [1.29, 1.82) is 0 Å². The fraction of sp³-hybridized carbons (Fsp3) is 0.375. The van der Waals surface area contributed by atoms with E-state index in [9.17, 15) is 5.11 Å². The van der Waals surface area contributed by atoms with E-state index in [1.165, 1.54) is 0 Å². The van der Waals surface area contributed by atoms with Crippen LogP contribution < -0.4 is 5.73 Å². The van der Waals surface area contributed by atoms with Gasteiger partial charge in [-0.3, -0.25) is 0 Å². The first-order chi connectivity index (χ1) is 16.9. The SMILES string of the molecule is Cc1nc([C@@H]2OC3COC(c4ccccc4)O[C@@H]3C(N)C2O)n(-c2cc(Br)c3nc(C)sc3c2)n1. The molecule has 2 fully saturated rings. The number of benzene rings is 2. The Labute approximate surface area is 214 Å². The molecule has 2 aliphatic rings. The lowest BCUT2D eigenvalue weighted by molar-refractivity contribution is -0.309. The van der Waals surface area contributed by atoms with Gasteiger partial charge in [0.15, 0.2) is 12.1 Å². The Hall–Kier alpha value is -2.25. The molecule has 2 aromatic carbocycles. The molecule has 0 aliphatic carbocycles. The Bertz CT molecular complexity index is 1380. The fourth-order valence-electron chi connectivity index (χ4n) is 4.68. The Kier molecular flexibility index (Phi) is 5.96. The van der Waals surface area contributed by atoms with Crippen molar-refractivity contribution in [3.05, 3.63) is 69.2 Å². The van der Waals surface area contributed by atoms with Crippen molar-refractivity contribution in [3.8, 4) is 5.69 Å². The molecule has 6 atom stereocenters. The summed E-state index contributed by atoms with van der Waals surface area (Å²) in [5.41, 5.74) is 9.10. The smallest absolute Gasteiger partial charge is 0.184 e. The van der Waals surface area contributed by atoms with Gasteiger partial charge in [0.25, 0.3) is 0 Å². The lowest BCUT2D eigenvalue weighted by atomic mass is 9.92. The zero-order chi connectivity index (χ0) is 24.3. The number of ether oxygens (including phenoxy) is 3. The normalized spacial score (nSPS) is 28.8. The third-order valence-electron chi connectivity index (χ3n) is 6.31. The van der Waals surface area contributed by atoms with Crippen molar-refractivity contribution in [2.75, 3.05) is 6.61 Å². The third-order valence-corrected chi connectivity index (χ3v) is 7.84. The van der Waals surface area contributed by atoms with Gasteiger partial charge in [-0.25, -0.2) is 14.6 Å². The maximum atomic E-state index is 11.2. The molecule has 2 saturated heterocycles. The number of aliphatic hydroxyl groups is 1. The van der Waals surface area contributed by atoms with Crippen LogP contribution in [-0.4, -0.2) is 55.8 Å². The topological polar surface area (TPSA) is 118 Å². The molecular formula is C24H24BrN5O4S. The highest BCUT2D eigenvalue weighted by molar-refractivity contribution is 9.10. The summed E-state index contributed by atoms with van der Waals surface area (Å²) in [6.07, 6.45) is -3.39. The predicted molar refractivity (Wildman–Crippen MR) is 133 cm³/mol. The summed E-state index contributed by atoms with van der Waals surface area (Å²) in [6.45, 7) is 4.06. The van der Waals surface area contributed by atoms with Gasteiger partial charge in [-0.05, 0) is 41.9 Å². The molecule has 4 heterocycles. The quantitative estimate of drug-likeness (QED) is 0.393. The highest BCUT2D eigenvalue weighted by Gasteiger charge is 2.49. The number of thiazole rings is 1. The van der Waals surface area contributed by atoms with Crippen LogP contribution >= 0.6 is 27.3 Å². The second kappa shape index (κ2) is 9.00. The van der Waals surface area contributed by atoms with Gasteiger partial charge >= 0.3 is 0 Å². The van der Waals surface area contributed by atoms with Crippen molar-refractivity contribution in [1.82, 2.24) is 19.7 Å². The standard InChI is InChI=1S/C24H24BrN5O4S/c1-11-27-23(30(29-11)14-8-15(25)19-17(9-14)35-12(2)28-19)22-20(31)18(26)21-16(33-22)10-32-24(34-21)13-6-4-3-5-7-13/h3-9,16,18,20-22,24,31H,10,26H2,1-2H3/t16?,18?,20?,21-,22+,24?/m0/s1. The summed E-state index contributed by atoms with van der Waals surface area (Å²) >= 11 is 5.23. The zero-order valence-corrected chi connectivity index (χ0v) is 21.4. The molecule has 2 aromatic heterocycles. The van der Waals surface area contributed by atoms with Crippen LogP contribution in [-0.2, 0) is 14.2 Å². The van der Waals surface area contributed by atoms with Gasteiger partial charge in [-0.15, -0.1) is 11.3 Å². The van der Waals surface area contributed by atoms with Crippen LogP contribution in [0.3, 0.4) is 0 Å². The van der Waals surface area contributed by atoms with Crippen LogP contribution in [0, 0.1) is 13.8 Å². The molecule has 0 amide bonds. The van der Waals surface area contributed by atoms with Gasteiger partial charge in [0.1, 0.15) is 30.2 Å². The second-order valence-electron chi connectivity index (χ2n) is 8.78. The number of nitrogens with two attached hydrogens (primary N) is 1. The Morgan fingerprint density at radius 1 is 1.14 bits per heavy atom. The van der Waals surface area contributed by atoms with E-state index in [4.69, 9.17) is 19.9 Å². The first-order valence-electron chi connectivity index (χ1n) is 11.3. The van der Waals surface area contributed by atoms with Crippen LogP contribution in [0.5, 0.6) is 0 Å². The summed E-state index contributed by atoms with van der Waals surface area (Å²) in [6, 6.07) is 12.9. The number of halogens is 1. The van der Waals surface area contributed by atoms with Gasteiger partial charge in [0, 0.05) is 10.0 Å². The highest BCUT2D eigenvalue weighted by Crippen LogP contribution is 2.39. The Morgan fingerprint density at radius 3 is 2.74 bits per heavy atom. The number of rotatable bonds is 3. The number of hydrogen-bond acceptors (Lipinski definition) is 9. The molecule has 0 radical (unpaired) electrons. The van der Waals surface area contributed by atoms with Gasteiger partial charge < -0.3 is 25.1 Å². The molecule has 4 aromatic rings. The van der Waals surface area contributed by atoms with E-state index < -0.39 is 36.7 Å². The first kappa shape index (κ1) is 23.2. The van der Waals surface area contributed by atoms with Crippen molar-refractivity contribution in [2.24, 2.45) is 5.73 Å². The van der Waals surface area contributed by atoms with Gasteiger partial charge in [-0.2, -0.15) is 5.10 Å². The predicted octanol–water partition coefficient (Wildman–Crippen LogP) is 3.50. The Morgan fingerprint density at radius 2 is 1.94 bits per heavy atom. The molecule has 0 bridgehead atoms. The molecule has 2 aliphatic heterocycles. The van der Waals surface area contributed by atoms with Crippen molar-refractivity contribution < 1.29 is 19.3 Å². The van der Waals surface area contributed by atoms with Crippen molar-refractivity contribution in [3.63, 3.8) is 0 Å². The van der Waals surface area contributed by atoms with Crippen molar-refractivity contribution >= 4 is 37.5 Å². The lowest BCUT2D eigenvalue weighted by Crippen LogP contribution is -2.62. The van der Waals surface area contributed by atoms with Gasteiger partial charge in [-0.1, -0.05) is 30.3 Å². The molecule has 6 rings (SSSR count). The monoisotopic (exact) mass is 557 g/mol. The summed E-state index contributed by atoms with van der Waals surface area (Å²) in [5.74, 6) is 1.03. The minimum atomic E-state index is -1.05. The average Bonchev–Trinajstić information content (AvgIpc) is 3.43. The average molecular weight is 558 g/mol. The lowest BCUT2D eigenvalue weighted by Gasteiger charge is -2.46. The minimum Gasteiger partial charge on any atom is -0.388 e. The summed E-state index contributed by atoms with van der Waals surface area (Å²) in [5, 5.41) is 16.8. The van der Waals surface area contributed by atoms with Crippen LogP contribution in [0.4, 0.5) is 0 Å². The first-order valence-corrected chi connectivity index (χ1v) is 12.9. The molecule has 9 nitrogen and oxygen atoms in total. The molecule has 3 N–H and O–H groups in total. The summed E-state index contributed by atoms with van der Waals surface area (Å²) in [7, 11) is 0. The number of nitrogens with zero attached hydrogens (tertiary/aromatic N) is 4. The van der Waals surface area contributed by atoms with Crippen LogP contribution in [0.25, 0.3) is 15.9 Å². The molecule has 35 heavy (non-hydrogen) atoms. The van der Waals surface area contributed by atoms with Gasteiger partial charge in [0.2, 0.25) is 0 Å². The largest absolute Gasteiger partial charge is 0.388 e. The maximum absolute atomic E-state index is 11.2. The van der Waals surface area contributed by atoms with Crippen molar-refractivity contribution in [2.45, 2.75) is 50.6 Å². The van der Waals surface area contributed by atoms with E-state index in [2.05, 4.69) is 31.0 Å². The van der Waals surface area contributed by atoms with Crippen LogP contribution in [0.2, 0.25) is 0 Å². The number of hydrogen-bond donors (Lipinski definition) is 2. The molecule has 4 unspecified atom stereocenters. The Balaban J connectivity index is 1.31. The molecule has 0 saturated carbocycles. The molecule has 182 valence electrons. The van der Waals surface area contributed by atoms with E-state index in [1.807, 2.05) is 49.4 Å². The minimum absolute atomic E-state index is 0.284. The van der Waals surface area contributed by atoms with E-state index >= 15 is 0 Å².